The van der Waals surface area contributed by atoms with Crippen molar-refractivity contribution in [1.82, 2.24) is 14.9 Å². The van der Waals surface area contributed by atoms with Crippen molar-refractivity contribution in [3.63, 3.8) is 0 Å². The summed E-state index contributed by atoms with van der Waals surface area (Å²) in [5, 5.41) is 9.14. The molecule has 0 spiro atoms. The Morgan fingerprint density at radius 1 is 1.35 bits per heavy atom. The van der Waals surface area contributed by atoms with Gasteiger partial charge in [-0.1, -0.05) is 41.6 Å². The second-order valence-corrected chi connectivity index (χ2v) is 5.26. The van der Waals surface area contributed by atoms with Crippen LogP contribution >= 0.6 is 11.8 Å². The minimum atomic E-state index is 0.321. The Balaban J connectivity index is 1.91. The number of nitrogens with zero attached hydrogens (tertiary/aromatic N) is 3. The first-order valence-electron chi connectivity index (χ1n) is 5.62. The summed E-state index contributed by atoms with van der Waals surface area (Å²) in [5.74, 6) is 1.89. The van der Waals surface area contributed by atoms with Crippen LogP contribution in [0.5, 0.6) is 0 Å². The molecule has 0 bridgehead atoms. The molecule has 0 fully saturated rings. The van der Waals surface area contributed by atoms with Gasteiger partial charge in [-0.05, 0) is 19.4 Å². The molecule has 1 aliphatic rings. The highest BCUT2D eigenvalue weighted by atomic mass is 32.2. The summed E-state index contributed by atoms with van der Waals surface area (Å²) in [6.45, 7) is 4.08. The van der Waals surface area contributed by atoms with Gasteiger partial charge in [0.05, 0.1) is 6.04 Å². The predicted molar refractivity (Wildman–Crippen MR) is 68.8 cm³/mol. The Labute approximate surface area is 104 Å². The number of rotatable bonds is 1. The van der Waals surface area contributed by atoms with Gasteiger partial charge in [-0.25, -0.2) is 4.68 Å². The second kappa shape index (κ2) is 4.07. The molecule has 1 unspecified atom stereocenters. The molecular formula is C12H14N4S. The Morgan fingerprint density at radius 2 is 2.24 bits per heavy atom. The number of fused-ring (bicyclic) bond motifs is 1. The maximum Gasteiger partial charge on any atom is 0.210 e. The van der Waals surface area contributed by atoms with Crippen molar-refractivity contribution in [3.8, 4) is 0 Å². The summed E-state index contributed by atoms with van der Waals surface area (Å²) in [6.07, 6.45) is 0. The minimum Gasteiger partial charge on any atom is -0.314 e. The molecule has 5 heteroatoms. The average Bonchev–Trinajstić information content (AvgIpc) is 2.71. The molecule has 4 nitrogen and oxygen atoms in total. The van der Waals surface area contributed by atoms with E-state index in [4.69, 9.17) is 0 Å². The maximum absolute atomic E-state index is 4.12. The Bertz CT molecular complexity index is 549. The molecule has 1 N–H and O–H groups in total. The number of hydrogen-bond donors (Lipinski definition) is 1. The van der Waals surface area contributed by atoms with Gasteiger partial charge in [-0.15, -0.1) is 10.2 Å². The van der Waals surface area contributed by atoms with Crippen LogP contribution in [-0.2, 0) is 0 Å². The largest absolute Gasteiger partial charge is 0.314 e. The SMILES string of the molecule is Cc1cccc(C2CSc3nnc(C)n3N2)c1. The van der Waals surface area contributed by atoms with Crippen LogP contribution in [0, 0.1) is 13.8 Å². The van der Waals surface area contributed by atoms with Gasteiger partial charge in [0, 0.05) is 5.75 Å². The van der Waals surface area contributed by atoms with Crippen LogP contribution in [0.15, 0.2) is 29.4 Å². The van der Waals surface area contributed by atoms with Crippen molar-refractivity contribution in [2.75, 3.05) is 11.2 Å². The lowest BCUT2D eigenvalue weighted by atomic mass is 10.1. The first kappa shape index (κ1) is 10.7. The number of hydrogen-bond acceptors (Lipinski definition) is 4. The van der Waals surface area contributed by atoms with Crippen LogP contribution in [-0.4, -0.2) is 20.6 Å². The van der Waals surface area contributed by atoms with Crippen molar-refractivity contribution in [3.05, 3.63) is 41.2 Å². The third-order valence-electron chi connectivity index (χ3n) is 2.90. The van der Waals surface area contributed by atoms with Gasteiger partial charge in [-0.2, -0.15) is 0 Å². The second-order valence-electron chi connectivity index (χ2n) is 4.27. The van der Waals surface area contributed by atoms with E-state index in [9.17, 15) is 0 Å². The summed E-state index contributed by atoms with van der Waals surface area (Å²) < 4.78 is 1.97. The van der Waals surface area contributed by atoms with Gasteiger partial charge in [0.1, 0.15) is 5.82 Å². The van der Waals surface area contributed by atoms with Crippen LogP contribution < -0.4 is 5.43 Å². The van der Waals surface area contributed by atoms with Crippen LogP contribution in [0.4, 0.5) is 0 Å². The molecule has 1 aliphatic heterocycles. The zero-order chi connectivity index (χ0) is 11.8. The van der Waals surface area contributed by atoms with Crippen molar-refractivity contribution in [2.45, 2.75) is 25.0 Å². The van der Waals surface area contributed by atoms with Crippen molar-refractivity contribution in [2.24, 2.45) is 0 Å². The van der Waals surface area contributed by atoms with Gasteiger partial charge in [0.25, 0.3) is 0 Å². The molecule has 88 valence electrons. The molecule has 1 aromatic carbocycles. The summed E-state index contributed by atoms with van der Waals surface area (Å²) in [4.78, 5) is 0. The third-order valence-corrected chi connectivity index (χ3v) is 3.93. The lowest BCUT2D eigenvalue weighted by molar-refractivity contribution is 0.645. The highest BCUT2D eigenvalue weighted by molar-refractivity contribution is 7.99. The Kier molecular flexibility index (Phi) is 2.55. The van der Waals surface area contributed by atoms with Crippen LogP contribution in [0.2, 0.25) is 0 Å². The summed E-state index contributed by atoms with van der Waals surface area (Å²) in [7, 11) is 0. The number of thioether (sulfide) groups is 1. The molecule has 3 rings (SSSR count). The van der Waals surface area contributed by atoms with E-state index < -0.39 is 0 Å². The molecule has 0 saturated heterocycles. The molecule has 1 aromatic heterocycles. The van der Waals surface area contributed by atoms with E-state index in [1.165, 1.54) is 11.1 Å². The maximum atomic E-state index is 4.12. The zero-order valence-corrected chi connectivity index (χ0v) is 10.7. The van der Waals surface area contributed by atoms with Gasteiger partial charge in [0.15, 0.2) is 0 Å². The minimum absolute atomic E-state index is 0.321. The highest BCUT2D eigenvalue weighted by Gasteiger charge is 2.22. The van der Waals surface area contributed by atoms with E-state index in [1.807, 2.05) is 11.6 Å². The van der Waals surface area contributed by atoms with E-state index >= 15 is 0 Å². The average molecular weight is 246 g/mol. The molecule has 0 saturated carbocycles. The molecule has 1 atom stereocenters. The van der Waals surface area contributed by atoms with Crippen LogP contribution in [0.1, 0.15) is 23.0 Å². The van der Waals surface area contributed by atoms with Crippen LogP contribution in [0.3, 0.4) is 0 Å². The molecule has 17 heavy (non-hydrogen) atoms. The standard InChI is InChI=1S/C12H14N4S/c1-8-4-3-5-10(6-8)11-7-17-12-14-13-9(2)16(12)15-11/h3-6,11,15H,7H2,1-2H3. The lowest BCUT2D eigenvalue weighted by Crippen LogP contribution is -2.28. The van der Waals surface area contributed by atoms with Gasteiger partial charge in [0.2, 0.25) is 5.16 Å². The molecule has 2 aromatic rings. The van der Waals surface area contributed by atoms with Crippen molar-refractivity contribution >= 4 is 11.8 Å². The number of aromatic nitrogens is 3. The number of benzene rings is 1. The quantitative estimate of drug-likeness (QED) is 0.838. The predicted octanol–water partition coefficient (Wildman–Crippen LogP) is 2.29. The molecule has 0 amide bonds. The van der Waals surface area contributed by atoms with E-state index in [2.05, 4.69) is 46.8 Å². The van der Waals surface area contributed by atoms with E-state index in [1.54, 1.807) is 11.8 Å². The van der Waals surface area contributed by atoms with Crippen molar-refractivity contribution in [1.29, 1.82) is 0 Å². The topological polar surface area (TPSA) is 42.7 Å². The first-order chi connectivity index (χ1) is 8.24. The van der Waals surface area contributed by atoms with Gasteiger partial charge < -0.3 is 5.43 Å². The lowest BCUT2D eigenvalue weighted by Gasteiger charge is -2.26. The van der Waals surface area contributed by atoms with Gasteiger partial charge >= 0.3 is 0 Å². The van der Waals surface area contributed by atoms with Crippen molar-refractivity contribution < 1.29 is 0 Å². The monoisotopic (exact) mass is 246 g/mol. The highest BCUT2D eigenvalue weighted by Crippen LogP contribution is 2.29. The summed E-state index contributed by atoms with van der Waals surface area (Å²) in [5.41, 5.74) is 6.07. The fraction of sp³-hybridized carbons (Fsp3) is 0.333. The number of nitrogens with one attached hydrogen (secondary N) is 1. The molecule has 2 heterocycles. The molecular weight excluding hydrogens is 232 g/mol. The third kappa shape index (κ3) is 1.91. The Morgan fingerprint density at radius 3 is 3.06 bits per heavy atom. The first-order valence-corrected chi connectivity index (χ1v) is 6.60. The van der Waals surface area contributed by atoms with Crippen LogP contribution in [0.25, 0.3) is 0 Å². The molecule has 0 aliphatic carbocycles. The zero-order valence-electron chi connectivity index (χ0n) is 9.84. The van der Waals surface area contributed by atoms with E-state index in [0.29, 0.717) is 6.04 Å². The van der Waals surface area contributed by atoms with Gasteiger partial charge in [-0.3, -0.25) is 0 Å². The molecule has 0 radical (unpaired) electrons. The summed E-state index contributed by atoms with van der Waals surface area (Å²) in [6, 6.07) is 8.93. The number of aryl methyl sites for hydroxylation is 2. The fourth-order valence-corrected chi connectivity index (χ4v) is 2.99. The smallest absolute Gasteiger partial charge is 0.210 e. The fourth-order valence-electron chi connectivity index (χ4n) is 1.99. The van der Waals surface area contributed by atoms with E-state index in [-0.39, 0.29) is 0 Å². The Hall–Kier alpha value is -1.49. The normalized spacial score (nSPS) is 18.6. The van der Waals surface area contributed by atoms with E-state index in [0.717, 1.165) is 16.7 Å². The summed E-state index contributed by atoms with van der Waals surface area (Å²) >= 11 is 1.75.